The predicted octanol–water partition coefficient (Wildman–Crippen LogP) is 6.15. The Labute approximate surface area is 207 Å². The maximum absolute atomic E-state index is 13.9. The van der Waals surface area contributed by atoms with Crippen LogP contribution in [0.2, 0.25) is 0 Å². The van der Waals surface area contributed by atoms with Crippen LogP contribution in [0, 0.1) is 5.82 Å². The van der Waals surface area contributed by atoms with E-state index in [-0.39, 0.29) is 17.7 Å². The number of halogens is 3. The normalized spacial score (nSPS) is 13.2. The number of rotatable bonds is 7. The third-order valence-electron chi connectivity index (χ3n) is 4.91. The topological polar surface area (TPSA) is 93.1 Å². The van der Waals surface area contributed by atoms with Crippen LogP contribution < -0.4 is 4.74 Å². The van der Waals surface area contributed by atoms with Gasteiger partial charge in [-0.05, 0) is 92.4 Å². The first-order valence-corrected chi connectivity index (χ1v) is 12.2. The van der Waals surface area contributed by atoms with E-state index in [1.54, 1.807) is 24.3 Å². The third-order valence-corrected chi connectivity index (χ3v) is 6.88. The highest BCUT2D eigenvalue weighted by Crippen LogP contribution is 2.43. The van der Waals surface area contributed by atoms with Crippen LogP contribution in [0.1, 0.15) is 34.0 Å². The number of hydrogen-bond acceptors (Lipinski definition) is 6. The van der Waals surface area contributed by atoms with Gasteiger partial charge in [0, 0.05) is 12.0 Å². The summed E-state index contributed by atoms with van der Waals surface area (Å²) >= 11 is 6.82. The lowest BCUT2D eigenvalue weighted by atomic mass is 10.0. The lowest BCUT2D eigenvalue weighted by Crippen LogP contribution is -2.12. The fourth-order valence-electron chi connectivity index (χ4n) is 3.07. The zero-order chi connectivity index (χ0) is 24.3. The van der Waals surface area contributed by atoms with E-state index in [4.69, 9.17) is 4.74 Å². The molecular weight excluding hydrogens is 582 g/mol. The van der Waals surface area contributed by atoms with E-state index in [2.05, 4.69) is 36.6 Å². The summed E-state index contributed by atoms with van der Waals surface area (Å²) in [4.78, 5) is 11.8. The first kappa shape index (κ1) is 25.4. The van der Waals surface area contributed by atoms with Crippen molar-refractivity contribution in [1.82, 2.24) is 0 Å². The first-order chi connectivity index (χ1) is 15.6. The average molecular weight is 602 g/mol. The molecule has 2 N–H and O–H groups in total. The van der Waals surface area contributed by atoms with Gasteiger partial charge in [0.25, 0.3) is 0 Å². The Morgan fingerprint density at radius 1 is 1.12 bits per heavy atom. The molecule has 33 heavy (non-hydrogen) atoms. The lowest BCUT2D eigenvalue weighted by molar-refractivity contribution is 0.0595. The van der Waals surface area contributed by atoms with Crippen molar-refractivity contribution in [3.05, 3.63) is 85.5 Å². The summed E-state index contributed by atoms with van der Waals surface area (Å²) in [5, 5.41) is 19.1. The van der Waals surface area contributed by atoms with Gasteiger partial charge in [0.1, 0.15) is 22.7 Å². The van der Waals surface area contributed by atoms with Gasteiger partial charge in [-0.2, -0.15) is 0 Å². The van der Waals surface area contributed by atoms with Gasteiger partial charge in [0.15, 0.2) is 5.75 Å². The minimum absolute atomic E-state index is 0.00856. The highest BCUT2D eigenvalue weighted by Gasteiger charge is 2.24. The SMILES string of the molecule is COC(=O)c1cc(Cc2cc(Oc3c(Br)cc(C(C)(O)[PH2]=O)cc3Br)ccc2O)ccc1F. The molecule has 0 spiro atoms. The minimum atomic E-state index is -1.46. The number of phenols is 1. The second-order valence-corrected chi connectivity index (χ2v) is 10.5. The van der Waals surface area contributed by atoms with Gasteiger partial charge >= 0.3 is 5.97 Å². The van der Waals surface area contributed by atoms with Crippen LogP contribution in [-0.4, -0.2) is 23.3 Å². The molecule has 3 rings (SSSR count). The van der Waals surface area contributed by atoms with Gasteiger partial charge in [0.05, 0.1) is 30.1 Å². The van der Waals surface area contributed by atoms with E-state index in [9.17, 15) is 24.0 Å². The van der Waals surface area contributed by atoms with Gasteiger partial charge in [-0.3, -0.25) is 0 Å². The molecule has 0 aliphatic rings. The monoisotopic (exact) mass is 600 g/mol. The van der Waals surface area contributed by atoms with Crippen LogP contribution in [0.25, 0.3) is 0 Å². The van der Waals surface area contributed by atoms with E-state index < -0.39 is 25.6 Å². The van der Waals surface area contributed by atoms with Crippen LogP contribution in [0.15, 0.2) is 57.5 Å². The Morgan fingerprint density at radius 2 is 1.79 bits per heavy atom. The maximum Gasteiger partial charge on any atom is 0.340 e. The second kappa shape index (κ2) is 10.4. The molecule has 0 heterocycles. The summed E-state index contributed by atoms with van der Waals surface area (Å²) in [6.07, 6.45) is 0.212. The first-order valence-electron chi connectivity index (χ1n) is 9.60. The molecule has 0 bridgehead atoms. The highest BCUT2D eigenvalue weighted by molar-refractivity contribution is 9.11. The zero-order valence-corrected chi connectivity index (χ0v) is 21.9. The van der Waals surface area contributed by atoms with Crippen LogP contribution in [0.3, 0.4) is 0 Å². The Balaban J connectivity index is 1.90. The molecule has 0 aliphatic carbocycles. The summed E-state index contributed by atoms with van der Waals surface area (Å²) < 4.78 is 36.9. The summed E-state index contributed by atoms with van der Waals surface area (Å²) in [6, 6.07) is 12.0. The van der Waals surface area contributed by atoms with Crippen molar-refractivity contribution in [3.63, 3.8) is 0 Å². The van der Waals surface area contributed by atoms with Crippen molar-refractivity contribution in [2.45, 2.75) is 18.7 Å². The number of benzene rings is 3. The minimum Gasteiger partial charge on any atom is -0.508 e. The molecule has 0 saturated heterocycles. The van der Waals surface area contributed by atoms with Crippen LogP contribution >= 0.6 is 40.3 Å². The van der Waals surface area contributed by atoms with E-state index in [1.807, 2.05) is 0 Å². The van der Waals surface area contributed by atoms with Crippen molar-refractivity contribution in [1.29, 1.82) is 0 Å². The van der Waals surface area contributed by atoms with Crippen LogP contribution in [-0.2, 0) is 21.1 Å². The molecule has 0 aromatic heterocycles. The van der Waals surface area contributed by atoms with Gasteiger partial charge in [0.2, 0.25) is 0 Å². The molecular formula is C23H20Br2FO6P. The Bertz CT molecular complexity index is 1210. The van der Waals surface area contributed by atoms with E-state index in [1.165, 1.54) is 38.3 Å². The van der Waals surface area contributed by atoms with E-state index >= 15 is 0 Å². The number of carbonyl (C=O) groups excluding carboxylic acids is 1. The number of carbonyl (C=O) groups is 1. The van der Waals surface area contributed by atoms with Crippen molar-refractivity contribution in [2.75, 3.05) is 7.11 Å². The van der Waals surface area contributed by atoms with Gasteiger partial charge < -0.3 is 24.3 Å². The maximum atomic E-state index is 13.9. The predicted molar refractivity (Wildman–Crippen MR) is 131 cm³/mol. The van der Waals surface area contributed by atoms with Gasteiger partial charge in [-0.1, -0.05) is 6.07 Å². The number of esters is 1. The highest BCUT2D eigenvalue weighted by atomic mass is 79.9. The fourth-order valence-corrected chi connectivity index (χ4v) is 4.72. The Kier molecular flexibility index (Phi) is 8.00. The van der Waals surface area contributed by atoms with Crippen molar-refractivity contribution >= 4 is 46.3 Å². The molecule has 0 radical (unpaired) electrons. The molecule has 3 aromatic rings. The molecule has 0 aliphatic heterocycles. The molecule has 10 heteroatoms. The molecule has 3 aromatic carbocycles. The lowest BCUT2D eigenvalue weighted by Gasteiger charge is -2.19. The van der Waals surface area contributed by atoms with Gasteiger partial charge in [-0.25, -0.2) is 9.18 Å². The molecule has 6 nitrogen and oxygen atoms in total. The quantitative estimate of drug-likeness (QED) is 0.249. The summed E-state index contributed by atoms with van der Waals surface area (Å²) in [7, 11) is -0.286. The number of hydrogen-bond donors (Lipinski definition) is 2. The van der Waals surface area contributed by atoms with Crippen molar-refractivity contribution in [2.24, 2.45) is 0 Å². The number of ether oxygens (including phenoxy) is 2. The van der Waals surface area contributed by atoms with Crippen molar-refractivity contribution < 1.29 is 33.4 Å². The molecule has 0 saturated carbocycles. The number of aromatic hydroxyl groups is 1. The number of phenolic OH excluding ortho intramolecular Hbond substituents is 1. The molecule has 0 amide bonds. The smallest absolute Gasteiger partial charge is 0.340 e. The largest absolute Gasteiger partial charge is 0.508 e. The van der Waals surface area contributed by atoms with E-state index in [0.717, 1.165) is 0 Å². The van der Waals surface area contributed by atoms with Crippen molar-refractivity contribution in [3.8, 4) is 17.2 Å². The van der Waals surface area contributed by atoms with Crippen LogP contribution in [0.4, 0.5) is 4.39 Å². The Hall–Kier alpha value is -2.19. The average Bonchev–Trinajstić information content (AvgIpc) is 2.78. The fraction of sp³-hybridized carbons (Fsp3) is 0.174. The Morgan fingerprint density at radius 3 is 2.39 bits per heavy atom. The zero-order valence-electron chi connectivity index (χ0n) is 17.6. The second-order valence-electron chi connectivity index (χ2n) is 7.41. The number of aliphatic hydroxyl groups is 1. The summed E-state index contributed by atoms with van der Waals surface area (Å²) in [6.45, 7) is 1.47. The molecule has 174 valence electrons. The van der Waals surface area contributed by atoms with E-state index in [0.29, 0.717) is 37.1 Å². The standard InChI is InChI=1S/C23H20Br2FO6P/c1-23(29,33-30)14-10-17(24)21(18(25)11-14)32-15-4-6-20(27)13(9-15)7-12-3-5-19(26)16(8-12)22(28)31-2/h3-6,8-11,27,29H,7,33H2,1-2H3. The molecule has 2 atom stereocenters. The summed E-state index contributed by atoms with van der Waals surface area (Å²) in [5.41, 5.74) is 1.36. The number of methoxy groups -OCH3 is 1. The summed E-state index contributed by atoms with van der Waals surface area (Å²) in [5.74, 6) is -0.640. The van der Waals surface area contributed by atoms with Crippen LogP contribution in [0.5, 0.6) is 17.2 Å². The molecule has 2 unspecified atom stereocenters. The third kappa shape index (κ3) is 5.84. The van der Waals surface area contributed by atoms with Gasteiger partial charge in [-0.15, -0.1) is 0 Å². The molecule has 0 fully saturated rings.